The lowest BCUT2D eigenvalue weighted by Crippen LogP contribution is -2.39. The van der Waals surface area contributed by atoms with Gasteiger partial charge in [0.05, 0.1) is 6.61 Å². The Balaban J connectivity index is 1.53. The molecule has 0 spiro atoms. The van der Waals surface area contributed by atoms with Crippen molar-refractivity contribution in [1.82, 2.24) is 4.31 Å². The van der Waals surface area contributed by atoms with E-state index in [1.54, 1.807) is 22.5 Å². The van der Waals surface area contributed by atoms with E-state index >= 15 is 0 Å². The molecule has 1 aromatic heterocycles. The smallest absolute Gasteiger partial charge is 0.252 e. The molecule has 4 nitrogen and oxygen atoms in total. The number of nitrogens with zero attached hydrogens (tertiary/aromatic N) is 1. The Labute approximate surface area is 152 Å². The number of sulfonamides is 1. The maximum absolute atomic E-state index is 12.6. The van der Waals surface area contributed by atoms with Crippen LogP contribution in [0.4, 0.5) is 0 Å². The summed E-state index contributed by atoms with van der Waals surface area (Å²) >= 11 is 7.19. The zero-order chi connectivity index (χ0) is 17.2. The van der Waals surface area contributed by atoms with Gasteiger partial charge in [-0.15, -0.1) is 11.3 Å². The van der Waals surface area contributed by atoms with Crippen LogP contribution in [0.2, 0.25) is 5.02 Å². The van der Waals surface area contributed by atoms with E-state index in [-0.39, 0.29) is 0 Å². The van der Waals surface area contributed by atoms with Gasteiger partial charge in [-0.2, -0.15) is 4.31 Å². The van der Waals surface area contributed by atoms with Gasteiger partial charge in [-0.1, -0.05) is 11.6 Å². The monoisotopic (exact) mass is 385 g/mol. The first-order valence-electron chi connectivity index (χ1n) is 7.90. The molecule has 0 amide bonds. The molecule has 7 heteroatoms. The van der Waals surface area contributed by atoms with Crippen LogP contribution in [0.1, 0.15) is 17.7 Å². The van der Waals surface area contributed by atoms with Crippen molar-refractivity contribution in [3.8, 4) is 5.75 Å². The van der Waals surface area contributed by atoms with E-state index in [0.717, 1.165) is 23.5 Å². The summed E-state index contributed by atoms with van der Waals surface area (Å²) in [4.78, 5) is 1.01. The van der Waals surface area contributed by atoms with Gasteiger partial charge in [-0.25, -0.2) is 8.42 Å². The van der Waals surface area contributed by atoms with Crippen LogP contribution in [0.5, 0.6) is 5.75 Å². The lowest BCUT2D eigenvalue weighted by Gasteiger charge is -2.30. The van der Waals surface area contributed by atoms with Gasteiger partial charge in [-0.3, -0.25) is 0 Å². The summed E-state index contributed by atoms with van der Waals surface area (Å²) in [6.45, 7) is 3.62. The third-order valence-electron chi connectivity index (χ3n) is 4.18. The van der Waals surface area contributed by atoms with Crippen LogP contribution in [-0.2, 0) is 10.0 Å². The SMILES string of the molecule is Cc1ccc(S(=O)(=O)N2CCC(COc3ccc(Cl)cc3)CC2)s1. The first kappa shape index (κ1) is 17.7. The molecule has 2 heterocycles. The molecule has 0 bridgehead atoms. The van der Waals surface area contributed by atoms with Crippen LogP contribution in [0.15, 0.2) is 40.6 Å². The van der Waals surface area contributed by atoms with E-state index in [9.17, 15) is 8.42 Å². The van der Waals surface area contributed by atoms with Gasteiger partial charge in [-0.05, 0) is 62.1 Å². The second-order valence-corrected chi connectivity index (χ2v) is 9.87. The molecule has 0 radical (unpaired) electrons. The summed E-state index contributed by atoms with van der Waals surface area (Å²) < 4.78 is 33.0. The van der Waals surface area contributed by atoms with Crippen molar-refractivity contribution in [1.29, 1.82) is 0 Å². The number of halogens is 1. The fourth-order valence-electron chi connectivity index (χ4n) is 2.74. The summed E-state index contributed by atoms with van der Waals surface area (Å²) in [5.74, 6) is 1.17. The van der Waals surface area contributed by atoms with E-state index in [2.05, 4.69) is 0 Å². The average molecular weight is 386 g/mol. The fraction of sp³-hybridized carbons (Fsp3) is 0.412. The highest BCUT2D eigenvalue weighted by atomic mass is 35.5. The minimum absolute atomic E-state index is 0.372. The number of hydrogen-bond acceptors (Lipinski definition) is 4. The summed E-state index contributed by atoms with van der Waals surface area (Å²) in [5.41, 5.74) is 0. The van der Waals surface area contributed by atoms with E-state index in [4.69, 9.17) is 16.3 Å². The minimum atomic E-state index is -3.34. The molecule has 1 aliphatic rings. The molecule has 130 valence electrons. The normalized spacial score (nSPS) is 17.1. The second-order valence-electron chi connectivity index (χ2n) is 5.98. The van der Waals surface area contributed by atoms with Crippen molar-refractivity contribution in [3.05, 3.63) is 46.3 Å². The summed E-state index contributed by atoms with van der Waals surface area (Å²) in [6.07, 6.45) is 1.63. The van der Waals surface area contributed by atoms with E-state index in [1.165, 1.54) is 11.3 Å². The zero-order valence-electron chi connectivity index (χ0n) is 13.4. The minimum Gasteiger partial charge on any atom is -0.493 e. The molecule has 1 aromatic carbocycles. The molecule has 1 fully saturated rings. The van der Waals surface area contributed by atoms with E-state index < -0.39 is 10.0 Å². The van der Waals surface area contributed by atoms with Crippen molar-refractivity contribution >= 4 is 33.0 Å². The molecule has 0 atom stereocenters. The quantitative estimate of drug-likeness (QED) is 0.775. The lowest BCUT2D eigenvalue weighted by molar-refractivity contribution is 0.185. The molecule has 2 aromatic rings. The van der Waals surface area contributed by atoms with E-state index in [0.29, 0.717) is 34.8 Å². The highest BCUT2D eigenvalue weighted by Crippen LogP contribution is 2.28. The highest BCUT2D eigenvalue weighted by molar-refractivity contribution is 7.91. The van der Waals surface area contributed by atoms with Crippen molar-refractivity contribution in [2.24, 2.45) is 5.92 Å². The number of benzene rings is 1. The molecular formula is C17H20ClNO3S2. The Morgan fingerprint density at radius 1 is 1.17 bits per heavy atom. The first-order chi connectivity index (χ1) is 11.4. The van der Waals surface area contributed by atoms with Crippen molar-refractivity contribution in [2.45, 2.75) is 24.0 Å². The fourth-order valence-corrected chi connectivity index (χ4v) is 5.77. The predicted molar refractivity (Wildman–Crippen MR) is 97.5 cm³/mol. The van der Waals surface area contributed by atoms with Gasteiger partial charge in [0, 0.05) is 23.0 Å². The Morgan fingerprint density at radius 3 is 2.42 bits per heavy atom. The van der Waals surface area contributed by atoms with Gasteiger partial charge in [0.1, 0.15) is 9.96 Å². The van der Waals surface area contributed by atoms with Crippen LogP contribution in [0, 0.1) is 12.8 Å². The van der Waals surface area contributed by atoms with Gasteiger partial charge in [0.15, 0.2) is 0 Å². The maximum atomic E-state index is 12.6. The number of ether oxygens (including phenoxy) is 1. The molecule has 0 unspecified atom stereocenters. The van der Waals surface area contributed by atoms with Crippen LogP contribution in [-0.4, -0.2) is 32.4 Å². The maximum Gasteiger partial charge on any atom is 0.252 e. The average Bonchev–Trinajstić information content (AvgIpc) is 3.02. The zero-order valence-corrected chi connectivity index (χ0v) is 15.8. The topological polar surface area (TPSA) is 46.6 Å². The van der Waals surface area contributed by atoms with Crippen LogP contribution in [0.3, 0.4) is 0 Å². The Hall–Kier alpha value is -1.08. The molecule has 24 heavy (non-hydrogen) atoms. The Bertz CT molecular complexity index is 778. The number of rotatable bonds is 5. The molecule has 0 aliphatic carbocycles. The van der Waals surface area contributed by atoms with Crippen LogP contribution >= 0.6 is 22.9 Å². The highest BCUT2D eigenvalue weighted by Gasteiger charge is 2.30. The van der Waals surface area contributed by atoms with Gasteiger partial charge < -0.3 is 4.74 Å². The predicted octanol–water partition coefficient (Wildman–Crippen LogP) is 4.19. The van der Waals surface area contributed by atoms with Crippen molar-refractivity contribution in [3.63, 3.8) is 0 Å². The first-order valence-corrected chi connectivity index (χ1v) is 10.5. The molecule has 0 N–H and O–H groups in total. The molecule has 3 rings (SSSR count). The molecular weight excluding hydrogens is 366 g/mol. The second kappa shape index (κ2) is 7.44. The summed E-state index contributed by atoms with van der Waals surface area (Å²) in [7, 11) is -3.34. The Morgan fingerprint density at radius 2 is 1.83 bits per heavy atom. The molecule has 1 saturated heterocycles. The standard InChI is InChI=1S/C17H20ClNO3S2/c1-13-2-7-17(23-13)24(20,21)19-10-8-14(9-11-19)12-22-16-5-3-15(18)4-6-16/h2-7,14H,8-12H2,1H3. The van der Waals surface area contributed by atoms with Gasteiger partial charge in [0.25, 0.3) is 10.0 Å². The number of thiophene rings is 1. The van der Waals surface area contributed by atoms with Crippen LogP contribution < -0.4 is 4.74 Å². The molecule has 1 aliphatic heterocycles. The third kappa shape index (κ3) is 4.11. The number of piperidine rings is 1. The summed E-state index contributed by atoms with van der Waals surface area (Å²) in [5, 5.41) is 0.685. The molecule has 0 saturated carbocycles. The van der Waals surface area contributed by atoms with Gasteiger partial charge >= 0.3 is 0 Å². The van der Waals surface area contributed by atoms with Crippen molar-refractivity contribution in [2.75, 3.05) is 19.7 Å². The van der Waals surface area contributed by atoms with Gasteiger partial charge in [0.2, 0.25) is 0 Å². The largest absolute Gasteiger partial charge is 0.493 e. The summed E-state index contributed by atoms with van der Waals surface area (Å²) in [6, 6.07) is 10.8. The Kier molecular flexibility index (Phi) is 5.49. The van der Waals surface area contributed by atoms with Crippen molar-refractivity contribution < 1.29 is 13.2 Å². The lowest BCUT2D eigenvalue weighted by atomic mass is 9.99. The van der Waals surface area contributed by atoms with E-state index in [1.807, 2.05) is 25.1 Å². The third-order valence-corrected chi connectivity index (χ3v) is 7.80. The number of aryl methyl sites for hydroxylation is 1. The van der Waals surface area contributed by atoms with Crippen LogP contribution in [0.25, 0.3) is 0 Å². The number of hydrogen-bond donors (Lipinski definition) is 0.